The number of furan rings is 1. The van der Waals surface area contributed by atoms with E-state index in [0.717, 1.165) is 9.87 Å². The Kier molecular flexibility index (Phi) is 7.54. The maximum Gasteiger partial charge on any atom is 0.255 e. The number of nitrogens with one attached hydrogen (secondary N) is 1. The number of primary amides is 1. The lowest BCUT2D eigenvalue weighted by molar-refractivity contribution is 0.0963. The quantitative estimate of drug-likeness (QED) is 0.204. The van der Waals surface area contributed by atoms with Gasteiger partial charge < -0.3 is 15.5 Å². The van der Waals surface area contributed by atoms with Crippen LogP contribution in [-0.2, 0) is 17.3 Å². The Labute approximate surface area is 220 Å². The molecule has 0 saturated carbocycles. The van der Waals surface area contributed by atoms with E-state index >= 15 is 0 Å². The molecule has 2 aromatic carbocycles. The SMILES string of the molecule is CNC(=O)c1c(-c2ccc(F)cc2)oc2nc(N(CCc3cccc(C(N)=O)c3)[SH](=O)=O)c(I)cc12. The molecule has 0 radical (unpaired) electrons. The topological polar surface area (TPSA) is 136 Å². The van der Waals surface area contributed by atoms with Crippen LogP contribution < -0.4 is 15.4 Å². The summed E-state index contributed by atoms with van der Waals surface area (Å²) < 4.78 is 45.3. The number of hydrogen-bond donors (Lipinski definition) is 3. The lowest BCUT2D eigenvalue weighted by Crippen LogP contribution is -2.26. The first-order chi connectivity index (χ1) is 17.2. The van der Waals surface area contributed by atoms with Crippen LogP contribution in [0.5, 0.6) is 0 Å². The van der Waals surface area contributed by atoms with Crippen LogP contribution in [-0.4, -0.2) is 38.8 Å². The number of nitrogens with zero attached hydrogens (tertiary/aromatic N) is 2. The number of fused-ring (bicyclic) bond motifs is 1. The number of pyridine rings is 1. The molecule has 36 heavy (non-hydrogen) atoms. The van der Waals surface area contributed by atoms with Crippen LogP contribution in [0.2, 0.25) is 0 Å². The molecule has 0 saturated heterocycles. The van der Waals surface area contributed by atoms with Crippen LogP contribution in [0.4, 0.5) is 10.2 Å². The number of rotatable bonds is 8. The number of anilines is 1. The molecule has 0 spiro atoms. The van der Waals surface area contributed by atoms with Gasteiger partial charge in [-0.3, -0.25) is 13.9 Å². The van der Waals surface area contributed by atoms with E-state index in [1.165, 1.54) is 31.3 Å². The molecule has 4 rings (SSSR count). The molecule has 0 unspecified atom stereocenters. The van der Waals surface area contributed by atoms with Crippen molar-refractivity contribution in [2.75, 3.05) is 17.9 Å². The van der Waals surface area contributed by atoms with E-state index in [0.29, 0.717) is 26.5 Å². The number of halogens is 2. The number of thiol groups is 1. The molecule has 2 amide bonds. The highest BCUT2D eigenvalue weighted by atomic mass is 127. The van der Waals surface area contributed by atoms with Gasteiger partial charge in [0.25, 0.3) is 5.91 Å². The first-order valence-corrected chi connectivity index (χ1v) is 12.8. The fourth-order valence-corrected chi connectivity index (χ4v) is 5.19. The molecule has 0 aliphatic rings. The number of aromatic nitrogens is 1. The van der Waals surface area contributed by atoms with E-state index in [1.807, 2.05) is 22.6 Å². The minimum absolute atomic E-state index is 0.0449. The number of benzene rings is 2. The Morgan fingerprint density at radius 3 is 2.53 bits per heavy atom. The highest BCUT2D eigenvalue weighted by Gasteiger charge is 2.25. The molecule has 2 heterocycles. The third-order valence-corrected chi connectivity index (χ3v) is 7.02. The minimum Gasteiger partial charge on any atom is -0.437 e. The van der Waals surface area contributed by atoms with E-state index in [4.69, 9.17) is 10.2 Å². The highest BCUT2D eigenvalue weighted by Crippen LogP contribution is 2.36. The largest absolute Gasteiger partial charge is 0.437 e. The molecular weight excluding hydrogens is 602 g/mol. The van der Waals surface area contributed by atoms with Gasteiger partial charge in [-0.1, -0.05) is 12.1 Å². The van der Waals surface area contributed by atoms with Gasteiger partial charge >= 0.3 is 0 Å². The molecule has 9 nitrogen and oxygen atoms in total. The van der Waals surface area contributed by atoms with Crippen LogP contribution >= 0.6 is 22.6 Å². The Morgan fingerprint density at radius 2 is 1.89 bits per heavy atom. The van der Waals surface area contributed by atoms with Crippen LogP contribution in [0.25, 0.3) is 22.4 Å². The zero-order chi connectivity index (χ0) is 26.0. The molecule has 3 N–H and O–H groups in total. The molecule has 0 bridgehead atoms. The van der Waals surface area contributed by atoms with E-state index in [2.05, 4.69) is 10.3 Å². The number of carbonyl (C=O) groups is 2. The van der Waals surface area contributed by atoms with Crippen LogP contribution in [0.3, 0.4) is 0 Å². The smallest absolute Gasteiger partial charge is 0.255 e. The standard InChI is InChI=1S/C24H20FIN4O5S/c1-28-23(32)19-17-12-18(26)22(29-24(17)35-20(19)14-5-7-16(25)8-6-14)30(36(33)34)10-9-13-3-2-4-15(11-13)21(27)31/h2-8,11-12,36H,9-10H2,1H3,(H2,27,31)(H,28,32). The van der Waals surface area contributed by atoms with Gasteiger partial charge in [-0.2, -0.15) is 4.98 Å². The maximum atomic E-state index is 13.5. The summed E-state index contributed by atoms with van der Waals surface area (Å²) in [4.78, 5) is 28.6. The highest BCUT2D eigenvalue weighted by molar-refractivity contribution is 14.1. The molecular formula is C24H20FIN4O5S. The van der Waals surface area contributed by atoms with Gasteiger partial charge in [-0.25, -0.2) is 12.8 Å². The number of hydrogen-bond acceptors (Lipinski definition) is 6. The van der Waals surface area contributed by atoms with Crippen molar-refractivity contribution < 1.29 is 26.8 Å². The van der Waals surface area contributed by atoms with Crippen LogP contribution in [0, 0.1) is 9.39 Å². The second-order valence-corrected chi connectivity index (χ2v) is 9.84. The van der Waals surface area contributed by atoms with Gasteiger partial charge in [-0.05, 0) is 77.0 Å². The summed E-state index contributed by atoms with van der Waals surface area (Å²) in [5.41, 5.74) is 7.11. The lowest BCUT2D eigenvalue weighted by atomic mass is 10.1. The first-order valence-electron chi connectivity index (χ1n) is 10.6. The van der Waals surface area contributed by atoms with Gasteiger partial charge in [-0.15, -0.1) is 0 Å². The second-order valence-electron chi connectivity index (χ2n) is 7.71. The molecule has 0 aliphatic heterocycles. The summed E-state index contributed by atoms with van der Waals surface area (Å²) >= 11 is 1.95. The van der Waals surface area contributed by atoms with Crippen molar-refractivity contribution in [3.8, 4) is 11.3 Å². The van der Waals surface area contributed by atoms with Crippen molar-refractivity contribution in [2.45, 2.75) is 6.42 Å². The van der Waals surface area contributed by atoms with Gasteiger partial charge in [0, 0.05) is 24.7 Å². The zero-order valence-electron chi connectivity index (χ0n) is 18.8. The molecule has 2 aromatic heterocycles. The predicted molar refractivity (Wildman–Crippen MR) is 142 cm³/mol. The monoisotopic (exact) mass is 622 g/mol. The lowest BCUT2D eigenvalue weighted by Gasteiger charge is -2.18. The third-order valence-electron chi connectivity index (χ3n) is 5.44. The maximum absolute atomic E-state index is 13.5. The second kappa shape index (κ2) is 10.6. The van der Waals surface area contributed by atoms with Crippen molar-refractivity contribution in [1.29, 1.82) is 0 Å². The summed E-state index contributed by atoms with van der Waals surface area (Å²) in [5, 5.41) is 2.95. The van der Waals surface area contributed by atoms with Crippen molar-refractivity contribution >= 4 is 62.2 Å². The minimum atomic E-state index is -3.08. The van der Waals surface area contributed by atoms with Gasteiger partial charge in [0.15, 0.2) is 5.82 Å². The fourth-order valence-electron chi connectivity index (χ4n) is 3.71. The predicted octanol–water partition coefficient (Wildman–Crippen LogP) is 3.27. The molecule has 0 atom stereocenters. The van der Waals surface area contributed by atoms with Crippen molar-refractivity contribution in [2.24, 2.45) is 5.73 Å². The van der Waals surface area contributed by atoms with E-state index in [-0.39, 0.29) is 29.4 Å². The molecule has 4 aromatic rings. The van der Waals surface area contributed by atoms with E-state index < -0.39 is 28.5 Å². The van der Waals surface area contributed by atoms with Crippen LogP contribution in [0.1, 0.15) is 26.3 Å². The first kappa shape index (κ1) is 25.6. The average molecular weight is 622 g/mol. The van der Waals surface area contributed by atoms with Crippen molar-refractivity contribution in [1.82, 2.24) is 10.3 Å². The van der Waals surface area contributed by atoms with E-state index in [1.54, 1.807) is 30.3 Å². The summed E-state index contributed by atoms with van der Waals surface area (Å²) in [6, 6.07) is 13.7. The molecule has 186 valence electrons. The summed E-state index contributed by atoms with van der Waals surface area (Å²) in [6.07, 6.45) is 0.294. The number of amides is 2. The molecule has 0 fully saturated rings. The van der Waals surface area contributed by atoms with Crippen molar-refractivity contribution in [3.63, 3.8) is 0 Å². The third kappa shape index (κ3) is 5.18. The van der Waals surface area contributed by atoms with Crippen LogP contribution in [0.15, 0.2) is 59.0 Å². The molecule has 12 heteroatoms. The number of carbonyl (C=O) groups excluding carboxylic acids is 2. The summed E-state index contributed by atoms with van der Waals surface area (Å²) in [6.45, 7) is 0.0449. The van der Waals surface area contributed by atoms with Gasteiger partial charge in [0.05, 0.1) is 14.5 Å². The fraction of sp³-hybridized carbons (Fsp3) is 0.125. The zero-order valence-corrected chi connectivity index (χ0v) is 21.9. The Hall–Kier alpha value is -3.52. The Bertz CT molecular complexity index is 1540. The Morgan fingerprint density at radius 1 is 1.17 bits per heavy atom. The van der Waals surface area contributed by atoms with Gasteiger partial charge in [0.1, 0.15) is 11.6 Å². The summed E-state index contributed by atoms with van der Waals surface area (Å²) in [5.74, 6) is -1.13. The average Bonchev–Trinajstić information content (AvgIpc) is 3.22. The normalized spacial score (nSPS) is 11.1. The molecule has 0 aliphatic carbocycles. The van der Waals surface area contributed by atoms with Gasteiger partial charge in [0.2, 0.25) is 22.5 Å². The summed E-state index contributed by atoms with van der Waals surface area (Å²) in [7, 11) is -1.61. The van der Waals surface area contributed by atoms with Crippen molar-refractivity contribution in [3.05, 3.63) is 80.7 Å². The number of nitrogens with two attached hydrogens (primary N) is 1. The Balaban J connectivity index is 1.76. The van der Waals surface area contributed by atoms with E-state index in [9.17, 15) is 22.4 Å².